The molecule has 138 valence electrons. The summed E-state index contributed by atoms with van der Waals surface area (Å²) in [5.41, 5.74) is 1.81. The lowest BCUT2D eigenvalue weighted by molar-refractivity contribution is 0.102. The van der Waals surface area contributed by atoms with Gasteiger partial charge in [-0.3, -0.25) is 9.78 Å². The van der Waals surface area contributed by atoms with Gasteiger partial charge in [-0.15, -0.1) is 0 Å². The second-order valence-electron chi connectivity index (χ2n) is 5.70. The van der Waals surface area contributed by atoms with Crippen molar-refractivity contribution >= 4 is 29.0 Å². The third-order valence-corrected chi connectivity index (χ3v) is 3.97. The Labute approximate surface area is 161 Å². The van der Waals surface area contributed by atoms with Crippen LogP contribution in [0.25, 0.3) is 0 Å². The Morgan fingerprint density at radius 3 is 2.78 bits per heavy atom. The number of pyridine rings is 1. The van der Waals surface area contributed by atoms with Crippen LogP contribution in [-0.4, -0.2) is 28.0 Å². The van der Waals surface area contributed by atoms with Crippen LogP contribution in [0.15, 0.2) is 48.8 Å². The van der Waals surface area contributed by atoms with Crippen LogP contribution in [0.3, 0.4) is 0 Å². The molecule has 0 radical (unpaired) electrons. The summed E-state index contributed by atoms with van der Waals surface area (Å²) in [5.74, 6) is 1.23. The molecule has 0 fully saturated rings. The summed E-state index contributed by atoms with van der Waals surface area (Å²) in [6.07, 6.45) is 3.48. The summed E-state index contributed by atoms with van der Waals surface area (Å²) < 4.78 is 5.11. The van der Waals surface area contributed by atoms with Crippen LogP contribution < -0.4 is 15.4 Å². The molecule has 0 aliphatic rings. The number of aryl methyl sites for hydroxylation is 1. The molecule has 27 heavy (non-hydrogen) atoms. The number of ether oxygens (including phenoxy) is 1. The molecule has 1 aromatic carbocycles. The number of hydrogen-bond donors (Lipinski definition) is 2. The number of benzene rings is 1. The highest BCUT2D eigenvalue weighted by Crippen LogP contribution is 2.27. The predicted octanol–water partition coefficient (Wildman–Crippen LogP) is 3.71. The van der Waals surface area contributed by atoms with Gasteiger partial charge in [-0.25, -0.2) is 9.97 Å². The molecule has 0 saturated heterocycles. The van der Waals surface area contributed by atoms with Crippen LogP contribution in [0.2, 0.25) is 5.02 Å². The van der Waals surface area contributed by atoms with Crippen molar-refractivity contribution in [3.05, 3.63) is 70.9 Å². The minimum absolute atomic E-state index is 0.253. The van der Waals surface area contributed by atoms with E-state index in [1.165, 1.54) is 7.11 Å². The number of hydrogen-bond acceptors (Lipinski definition) is 6. The monoisotopic (exact) mass is 383 g/mol. The number of nitrogens with zero attached hydrogens (tertiary/aromatic N) is 3. The molecule has 2 heterocycles. The van der Waals surface area contributed by atoms with Crippen molar-refractivity contribution in [2.75, 3.05) is 17.7 Å². The molecule has 0 bridgehead atoms. The van der Waals surface area contributed by atoms with Crippen molar-refractivity contribution < 1.29 is 9.53 Å². The molecule has 3 aromatic rings. The van der Waals surface area contributed by atoms with Gasteiger partial charge < -0.3 is 15.4 Å². The highest BCUT2D eigenvalue weighted by molar-refractivity contribution is 6.32. The molecule has 8 heteroatoms. The van der Waals surface area contributed by atoms with Crippen molar-refractivity contribution in [1.29, 1.82) is 0 Å². The first-order chi connectivity index (χ1) is 13.0. The lowest BCUT2D eigenvalue weighted by Crippen LogP contribution is -2.16. The van der Waals surface area contributed by atoms with Gasteiger partial charge in [-0.2, -0.15) is 0 Å². The highest BCUT2D eigenvalue weighted by atomic mass is 35.5. The maximum absolute atomic E-state index is 12.5. The normalized spacial score (nSPS) is 10.3. The van der Waals surface area contributed by atoms with Gasteiger partial charge >= 0.3 is 0 Å². The second kappa shape index (κ2) is 8.46. The van der Waals surface area contributed by atoms with E-state index in [0.717, 1.165) is 5.56 Å². The summed E-state index contributed by atoms with van der Waals surface area (Å²) >= 11 is 6.09. The van der Waals surface area contributed by atoms with Crippen molar-refractivity contribution in [1.82, 2.24) is 15.0 Å². The van der Waals surface area contributed by atoms with Crippen LogP contribution in [-0.2, 0) is 6.54 Å². The Morgan fingerprint density at radius 2 is 2.07 bits per heavy atom. The van der Waals surface area contributed by atoms with E-state index in [2.05, 4.69) is 25.6 Å². The number of aromatic nitrogens is 3. The average Bonchev–Trinajstić information content (AvgIpc) is 2.67. The number of methoxy groups -OCH3 is 1. The van der Waals surface area contributed by atoms with E-state index in [9.17, 15) is 4.79 Å². The van der Waals surface area contributed by atoms with Gasteiger partial charge in [0.1, 0.15) is 23.1 Å². The third-order valence-electron chi connectivity index (χ3n) is 3.68. The van der Waals surface area contributed by atoms with Gasteiger partial charge in [0.25, 0.3) is 5.91 Å². The van der Waals surface area contributed by atoms with E-state index in [1.54, 1.807) is 43.6 Å². The minimum Gasteiger partial charge on any atom is -0.495 e. The third kappa shape index (κ3) is 4.92. The standard InChI is InChI=1S/C19H18ClN5O2/c1-12-23-16(9-18(24-12)22-11-13-4-3-7-21-10-13)19(26)25-14-5-6-17(27-2)15(20)8-14/h3-10H,11H2,1-2H3,(H,25,26)(H,22,23,24). The molecule has 3 rings (SSSR count). The molecular formula is C19H18ClN5O2. The zero-order chi connectivity index (χ0) is 19.2. The quantitative estimate of drug-likeness (QED) is 0.674. The molecule has 7 nitrogen and oxygen atoms in total. The van der Waals surface area contributed by atoms with E-state index in [-0.39, 0.29) is 11.6 Å². The Morgan fingerprint density at radius 1 is 1.22 bits per heavy atom. The molecule has 0 aliphatic carbocycles. The van der Waals surface area contributed by atoms with Crippen LogP contribution in [0.5, 0.6) is 5.75 Å². The van der Waals surface area contributed by atoms with Gasteiger partial charge in [0.2, 0.25) is 0 Å². The maximum Gasteiger partial charge on any atom is 0.274 e. The summed E-state index contributed by atoms with van der Waals surface area (Å²) in [6, 6.07) is 10.4. The number of anilines is 2. The smallest absolute Gasteiger partial charge is 0.274 e. The van der Waals surface area contributed by atoms with Gasteiger partial charge in [0.15, 0.2) is 0 Å². The first-order valence-electron chi connectivity index (χ1n) is 8.18. The number of carbonyl (C=O) groups is 1. The van der Waals surface area contributed by atoms with Crippen molar-refractivity contribution in [2.45, 2.75) is 13.5 Å². The number of carbonyl (C=O) groups excluding carboxylic acids is 1. The molecule has 0 spiro atoms. The summed E-state index contributed by atoms with van der Waals surface area (Å²) in [4.78, 5) is 25.1. The highest BCUT2D eigenvalue weighted by Gasteiger charge is 2.12. The van der Waals surface area contributed by atoms with Crippen LogP contribution in [0.4, 0.5) is 11.5 Å². The first kappa shape index (κ1) is 18.6. The Kier molecular flexibility index (Phi) is 5.83. The Hall–Kier alpha value is -3.19. The SMILES string of the molecule is COc1ccc(NC(=O)c2cc(NCc3cccnc3)nc(C)n2)cc1Cl. The predicted molar refractivity (Wildman–Crippen MR) is 104 cm³/mol. The van der Waals surface area contributed by atoms with Crippen LogP contribution >= 0.6 is 11.6 Å². The van der Waals surface area contributed by atoms with E-state index in [1.807, 2.05) is 12.1 Å². The zero-order valence-electron chi connectivity index (χ0n) is 14.9. The Balaban J connectivity index is 1.72. The fraction of sp³-hybridized carbons (Fsp3) is 0.158. The first-order valence-corrected chi connectivity index (χ1v) is 8.56. The van der Waals surface area contributed by atoms with Crippen LogP contribution in [0.1, 0.15) is 21.9 Å². The van der Waals surface area contributed by atoms with Gasteiger partial charge in [0.05, 0.1) is 12.1 Å². The molecule has 1 amide bonds. The fourth-order valence-corrected chi connectivity index (χ4v) is 2.67. The zero-order valence-corrected chi connectivity index (χ0v) is 15.6. The number of nitrogens with one attached hydrogen (secondary N) is 2. The van der Waals surface area contributed by atoms with E-state index in [4.69, 9.17) is 16.3 Å². The molecule has 0 unspecified atom stereocenters. The molecule has 0 aliphatic heterocycles. The van der Waals surface area contributed by atoms with E-state index < -0.39 is 0 Å². The van der Waals surface area contributed by atoms with Crippen LogP contribution in [0, 0.1) is 6.92 Å². The maximum atomic E-state index is 12.5. The van der Waals surface area contributed by atoms with Crippen molar-refractivity contribution in [3.63, 3.8) is 0 Å². The van der Waals surface area contributed by atoms with Gasteiger partial charge in [0, 0.05) is 30.7 Å². The minimum atomic E-state index is -0.355. The second-order valence-corrected chi connectivity index (χ2v) is 6.11. The van der Waals surface area contributed by atoms with Gasteiger partial charge in [-0.1, -0.05) is 17.7 Å². The lowest BCUT2D eigenvalue weighted by Gasteiger charge is -2.10. The topological polar surface area (TPSA) is 89.0 Å². The summed E-state index contributed by atoms with van der Waals surface area (Å²) in [7, 11) is 1.53. The van der Waals surface area contributed by atoms with Crippen molar-refractivity contribution in [2.24, 2.45) is 0 Å². The molecule has 2 N–H and O–H groups in total. The molecular weight excluding hydrogens is 366 g/mol. The number of halogens is 1. The van der Waals surface area contributed by atoms with E-state index in [0.29, 0.717) is 34.6 Å². The summed E-state index contributed by atoms with van der Waals surface area (Å²) in [5, 5.41) is 6.36. The van der Waals surface area contributed by atoms with E-state index >= 15 is 0 Å². The molecule has 0 saturated carbocycles. The Bertz CT molecular complexity index is 950. The number of rotatable bonds is 6. The van der Waals surface area contributed by atoms with Crippen molar-refractivity contribution in [3.8, 4) is 5.75 Å². The number of amides is 1. The lowest BCUT2D eigenvalue weighted by atomic mass is 10.2. The molecule has 2 aromatic heterocycles. The average molecular weight is 384 g/mol. The fourth-order valence-electron chi connectivity index (χ4n) is 2.41. The molecule has 0 atom stereocenters. The summed E-state index contributed by atoms with van der Waals surface area (Å²) in [6.45, 7) is 2.27. The van der Waals surface area contributed by atoms with Gasteiger partial charge in [-0.05, 0) is 36.8 Å². The largest absolute Gasteiger partial charge is 0.495 e.